The summed E-state index contributed by atoms with van der Waals surface area (Å²) < 4.78 is 13.3. The molecular formula is C22H14Cl2FN3O4. The van der Waals surface area contributed by atoms with Crippen molar-refractivity contribution in [1.29, 1.82) is 0 Å². The van der Waals surface area contributed by atoms with Gasteiger partial charge in [-0.2, -0.15) is 0 Å². The predicted molar refractivity (Wildman–Crippen MR) is 120 cm³/mol. The highest BCUT2D eigenvalue weighted by atomic mass is 35.5. The topological polar surface area (TPSA) is 101 Å². The molecule has 3 aromatic carbocycles. The quantitative estimate of drug-likeness (QED) is 0.282. The Morgan fingerprint density at radius 1 is 0.969 bits per heavy atom. The summed E-state index contributed by atoms with van der Waals surface area (Å²) in [4.78, 5) is 36.1. The van der Waals surface area contributed by atoms with Crippen molar-refractivity contribution in [3.05, 3.63) is 110 Å². The van der Waals surface area contributed by atoms with Gasteiger partial charge in [-0.3, -0.25) is 19.7 Å². The first-order valence-corrected chi connectivity index (χ1v) is 9.78. The van der Waals surface area contributed by atoms with Gasteiger partial charge in [-0.15, -0.1) is 0 Å². The van der Waals surface area contributed by atoms with Gasteiger partial charge in [0, 0.05) is 12.1 Å². The van der Waals surface area contributed by atoms with Crippen LogP contribution >= 0.6 is 23.2 Å². The van der Waals surface area contributed by atoms with Crippen LogP contribution in [0.3, 0.4) is 0 Å². The van der Waals surface area contributed by atoms with Crippen molar-refractivity contribution in [2.45, 2.75) is 0 Å². The molecular weight excluding hydrogens is 460 g/mol. The van der Waals surface area contributed by atoms with E-state index in [1.54, 1.807) is 24.3 Å². The van der Waals surface area contributed by atoms with Gasteiger partial charge in [0.15, 0.2) is 0 Å². The number of carbonyl (C=O) groups excluding carboxylic acids is 2. The first kappa shape index (κ1) is 22.9. The largest absolute Gasteiger partial charge is 0.319 e. The second-order valence-electron chi connectivity index (χ2n) is 6.42. The molecule has 0 aliphatic rings. The molecule has 0 bridgehead atoms. The molecule has 0 aliphatic heterocycles. The van der Waals surface area contributed by atoms with Crippen LogP contribution in [0.4, 0.5) is 15.8 Å². The van der Waals surface area contributed by atoms with Crippen LogP contribution in [0.1, 0.15) is 15.9 Å². The number of anilines is 1. The average molecular weight is 474 g/mol. The Hall–Kier alpha value is -3.75. The highest BCUT2D eigenvalue weighted by Crippen LogP contribution is 2.22. The van der Waals surface area contributed by atoms with E-state index < -0.39 is 22.6 Å². The molecule has 0 aliphatic carbocycles. The van der Waals surface area contributed by atoms with Gasteiger partial charge in [0.05, 0.1) is 26.2 Å². The number of hydrogen-bond donors (Lipinski definition) is 2. The van der Waals surface area contributed by atoms with E-state index in [-0.39, 0.29) is 38.2 Å². The summed E-state index contributed by atoms with van der Waals surface area (Å²) >= 11 is 12.0. The lowest BCUT2D eigenvalue weighted by atomic mass is 10.1. The molecule has 3 rings (SSSR count). The fraction of sp³-hybridized carbons (Fsp3) is 0. The number of amides is 2. The number of nitro benzene ring substituents is 1. The lowest BCUT2D eigenvalue weighted by Gasteiger charge is -2.13. The predicted octanol–water partition coefficient (Wildman–Crippen LogP) is 5.45. The normalized spacial score (nSPS) is 11.0. The van der Waals surface area contributed by atoms with Gasteiger partial charge < -0.3 is 10.6 Å². The first-order chi connectivity index (χ1) is 15.2. The summed E-state index contributed by atoms with van der Waals surface area (Å²) in [6, 6.07) is 15.1. The molecule has 3 aromatic rings. The van der Waals surface area contributed by atoms with Gasteiger partial charge in [0.2, 0.25) is 0 Å². The van der Waals surface area contributed by atoms with Crippen molar-refractivity contribution in [2.75, 3.05) is 5.32 Å². The maximum atomic E-state index is 13.3. The molecule has 0 aromatic heterocycles. The number of halogens is 3. The maximum absolute atomic E-state index is 13.3. The molecule has 2 amide bonds. The van der Waals surface area contributed by atoms with Gasteiger partial charge in [-0.1, -0.05) is 47.5 Å². The van der Waals surface area contributed by atoms with Gasteiger partial charge in [-0.05, 0) is 42.0 Å². The van der Waals surface area contributed by atoms with E-state index in [4.69, 9.17) is 23.2 Å². The number of benzene rings is 3. The van der Waals surface area contributed by atoms with E-state index >= 15 is 0 Å². The molecule has 162 valence electrons. The fourth-order valence-corrected chi connectivity index (χ4v) is 3.10. The van der Waals surface area contributed by atoms with E-state index in [9.17, 15) is 24.1 Å². The number of hydrogen-bond acceptors (Lipinski definition) is 4. The number of para-hydroxylation sites is 1. The highest BCUT2D eigenvalue weighted by molar-refractivity contribution is 6.34. The van der Waals surface area contributed by atoms with E-state index in [0.29, 0.717) is 0 Å². The van der Waals surface area contributed by atoms with Crippen LogP contribution in [0.5, 0.6) is 0 Å². The minimum absolute atomic E-state index is 0.0662. The number of nitro groups is 1. The third-order valence-corrected chi connectivity index (χ3v) is 4.82. The molecule has 0 fully saturated rings. The van der Waals surface area contributed by atoms with E-state index in [2.05, 4.69) is 10.6 Å². The van der Waals surface area contributed by atoms with Crippen molar-refractivity contribution < 1.29 is 18.9 Å². The third-order valence-electron chi connectivity index (χ3n) is 4.18. The third kappa shape index (κ3) is 5.69. The summed E-state index contributed by atoms with van der Waals surface area (Å²) in [7, 11) is 0. The van der Waals surface area contributed by atoms with Crippen LogP contribution in [0.15, 0.2) is 72.4 Å². The van der Waals surface area contributed by atoms with Crippen molar-refractivity contribution in [1.82, 2.24) is 5.32 Å². The molecule has 10 heteroatoms. The molecule has 0 saturated heterocycles. The summed E-state index contributed by atoms with van der Waals surface area (Å²) in [5.74, 6) is -2.15. The highest BCUT2D eigenvalue weighted by Gasteiger charge is 2.18. The van der Waals surface area contributed by atoms with Crippen LogP contribution in [0.2, 0.25) is 10.0 Å². The summed E-state index contributed by atoms with van der Waals surface area (Å²) in [5.41, 5.74) is 0.0732. The SMILES string of the molecule is O=C(Nc1ccccc1Cl)/C(=C/c1cccc([N+](=O)[O-])c1)NC(=O)c1ccc(F)cc1Cl. The zero-order chi connectivity index (χ0) is 23.3. The second kappa shape index (κ2) is 10.0. The van der Waals surface area contributed by atoms with Crippen LogP contribution in [-0.2, 0) is 4.79 Å². The lowest BCUT2D eigenvalue weighted by molar-refractivity contribution is -0.384. The van der Waals surface area contributed by atoms with Crippen LogP contribution in [0.25, 0.3) is 6.08 Å². The second-order valence-corrected chi connectivity index (χ2v) is 7.24. The van der Waals surface area contributed by atoms with E-state index in [1.165, 1.54) is 36.4 Å². The number of rotatable bonds is 6. The van der Waals surface area contributed by atoms with Gasteiger partial charge in [0.25, 0.3) is 17.5 Å². The first-order valence-electron chi connectivity index (χ1n) is 9.03. The van der Waals surface area contributed by atoms with Crippen molar-refractivity contribution in [3.63, 3.8) is 0 Å². The van der Waals surface area contributed by atoms with Crippen LogP contribution in [0, 0.1) is 15.9 Å². The van der Waals surface area contributed by atoms with Crippen molar-refractivity contribution in [3.8, 4) is 0 Å². The monoisotopic (exact) mass is 473 g/mol. The van der Waals surface area contributed by atoms with Crippen LogP contribution in [-0.4, -0.2) is 16.7 Å². The molecule has 7 nitrogen and oxygen atoms in total. The Bertz CT molecular complexity index is 1250. The minimum atomic E-state index is -0.777. The van der Waals surface area contributed by atoms with Crippen LogP contribution < -0.4 is 10.6 Å². The van der Waals surface area contributed by atoms with Crippen molar-refractivity contribution in [2.24, 2.45) is 0 Å². The average Bonchev–Trinajstić information content (AvgIpc) is 2.75. The molecule has 0 unspecified atom stereocenters. The lowest BCUT2D eigenvalue weighted by Crippen LogP contribution is -2.31. The zero-order valence-electron chi connectivity index (χ0n) is 16.1. The van der Waals surface area contributed by atoms with E-state index in [1.807, 2.05) is 0 Å². The van der Waals surface area contributed by atoms with E-state index in [0.717, 1.165) is 12.1 Å². The number of nitrogens with zero attached hydrogens (tertiary/aromatic N) is 1. The molecule has 0 saturated carbocycles. The summed E-state index contributed by atoms with van der Waals surface area (Å²) in [6.45, 7) is 0. The summed E-state index contributed by atoms with van der Waals surface area (Å²) in [5, 5.41) is 16.2. The molecule has 2 N–H and O–H groups in total. The number of carbonyl (C=O) groups is 2. The molecule has 32 heavy (non-hydrogen) atoms. The Morgan fingerprint density at radius 2 is 1.72 bits per heavy atom. The van der Waals surface area contributed by atoms with Gasteiger partial charge in [0.1, 0.15) is 11.5 Å². The Kier molecular flexibility index (Phi) is 7.19. The van der Waals surface area contributed by atoms with Gasteiger partial charge in [-0.25, -0.2) is 4.39 Å². The standard InChI is InChI=1S/C22H14Cl2FN3O4/c23-17-6-1-2-7-19(17)26-22(30)20(11-13-4-3-5-15(10-13)28(31)32)27-21(29)16-9-8-14(25)12-18(16)24/h1-12H,(H,26,30)(H,27,29)/b20-11-. The molecule has 0 heterocycles. The molecule has 0 radical (unpaired) electrons. The molecule has 0 atom stereocenters. The van der Waals surface area contributed by atoms with Crippen molar-refractivity contribution >= 4 is 52.5 Å². The molecule has 0 spiro atoms. The smallest absolute Gasteiger partial charge is 0.272 e. The fourth-order valence-electron chi connectivity index (χ4n) is 2.67. The Balaban J connectivity index is 1.97. The number of non-ortho nitro benzene ring substituents is 1. The Labute approximate surface area is 191 Å². The Morgan fingerprint density at radius 3 is 2.41 bits per heavy atom. The maximum Gasteiger partial charge on any atom is 0.272 e. The van der Waals surface area contributed by atoms with Gasteiger partial charge >= 0.3 is 0 Å². The summed E-state index contributed by atoms with van der Waals surface area (Å²) in [6.07, 6.45) is 1.26. The minimum Gasteiger partial charge on any atom is -0.319 e. The zero-order valence-corrected chi connectivity index (χ0v) is 17.7. The number of nitrogens with one attached hydrogen (secondary N) is 2.